The lowest BCUT2D eigenvalue weighted by Gasteiger charge is -2.12. The molecule has 0 fully saturated rings. The molecule has 0 spiro atoms. The summed E-state index contributed by atoms with van der Waals surface area (Å²) >= 11 is 15.3. The van der Waals surface area contributed by atoms with Crippen molar-refractivity contribution in [2.24, 2.45) is 0 Å². The summed E-state index contributed by atoms with van der Waals surface area (Å²) < 4.78 is 45.3. The number of amides is 1. The second-order valence-corrected chi connectivity index (χ2v) is 8.65. The van der Waals surface area contributed by atoms with Crippen molar-refractivity contribution in [3.8, 4) is 11.8 Å². The van der Waals surface area contributed by atoms with E-state index in [2.05, 4.69) is 21.2 Å². The first kappa shape index (κ1) is 25.6. The van der Waals surface area contributed by atoms with Crippen LogP contribution in [0.4, 0.5) is 18.9 Å². The number of hydrogen-bond acceptors (Lipinski definition) is 3. The molecule has 0 saturated heterocycles. The van der Waals surface area contributed by atoms with Gasteiger partial charge in [0.25, 0.3) is 5.91 Å². The van der Waals surface area contributed by atoms with Crippen molar-refractivity contribution in [2.75, 3.05) is 5.32 Å². The molecule has 3 aromatic rings. The molecule has 34 heavy (non-hydrogen) atoms. The molecule has 1 N–H and O–H groups in total. The van der Waals surface area contributed by atoms with Crippen molar-refractivity contribution in [3.63, 3.8) is 0 Å². The van der Waals surface area contributed by atoms with E-state index >= 15 is 0 Å². The summed E-state index contributed by atoms with van der Waals surface area (Å²) in [6.45, 7) is 0.137. The molecule has 0 atom stereocenters. The zero-order chi connectivity index (χ0) is 24.9. The molecule has 3 aromatic carbocycles. The molecule has 174 valence electrons. The maximum Gasteiger partial charge on any atom is 0.416 e. The Morgan fingerprint density at radius 3 is 2.53 bits per heavy atom. The standard InChI is InChI=1S/C24H14BrCl2F3N2O2/c25-18-5-7-22(34-13-14-4-6-20(26)21(27)8-14)15(10-18)9-16(12-31)23(33)32-19-3-1-2-17(11-19)24(28,29)30/h1-11H,13H2,(H,32,33)/b16-9+. The van der Waals surface area contributed by atoms with Crippen LogP contribution in [0.3, 0.4) is 0 Å². The number of nitrogens with zero attached hydrogens (tertiary/aromatic N) is 1. The van der Waals surface area contributed by atoms with Gasteiger partial charge in [-0.1, -0.05) is 51.3 Å². The maximum absolute atomic E-state index is 12.9. The number of halogens is 6. The van der Waals surface area contributed by atoms with Crippen molar-refractivity contribution in [1.82, 2.24) is 0 Å². The minimum atomic E-state index is -4.56. The number of benzene rings is 3. The summed E-state index contributed by atoms with van der Waals surface area (Å²) in [4.78, 5) is 12.6. The van der Waals surface area contributed by atoms with Crippen LogP contribution in [0.25, 0.3) is 6.08 Å². The van der Waals surface area contributed by atoms with E-state index in [4.69, 9.17) is 27.9 Å². The molecule has 4 nitrogen and oxygen atoms in total. The number of ether oxygens (including phenoxy) is 1. The smallest absolute Gasteiger partial charge is 0.416 e. The fourth-order valence-corrected chi connectivity index (χ4v) is 3.53. The van der Waals surface area contributed by atoms with Gasteiger partial charge in [-0.25, -0.2) is 0 Å². The summed E-state index contributed by atoms with van der Waals surface area (Å²) in [7, 11) is 0. The molecule has 0 aromatic heterocycles. The third kappa shape index (κ3) is 6.76. The second-order valence-electron chi connectivity index (χ2n) is 6.92. The van der Waals surface area contributed by atoms with Gasteiger partial charge in [0.15, 0.2) is 0 Å². The quantitative estimate of drug-likeness (QED) is 0.242. The van der Waals surface area contributed by atoms with Gasteiger partial charge in [-0.2, -0.15) is 18.4 Å². The van der Waals surface area contributed by atoms with Gasteiger partial charge in [-0.3, -0.25) is 4.79 Å². The normalized spacial score (nSPS) is 11.6. The molecule has 0 saturated carbocycles. The fraction of sp³-hybridized carbons (Fsp3) is 0.0833. The molecule has 1 amide bonds. The van der Waals surface area contributed by atoms with Crippen molar-refractivity contribution >= 4 is 56.8 Å². The Morgan fingerprint density at radius 2 is 1.85 bits per heavy atom. The van der Waals surface area contributed by atoms with Crippen LogP contribution in [0, 0.1) is 11.3 Å². The molecule has 0 aliphatic carbocycles. The maximum atomic E-state index is 12.9. The van der Waals surface area contributed by atoms with E-state index in [0.717, 1.165) is 23.8 Å². The molecule has 3 rings (SSSR count). The molecular weight excluding hydrogens is 556 g/mol. The lowest BCUT2D eigenvalue weighted by Crippen LogP contribution is -2.14. The highest BCUT2D eigenvalue weighted by atomic mass is 79.9. The molecule has 10 heteroatoms. The number of hydrogen-bond donors (Lipinski definition) is 1. The van der Waals surface area contributed by atoms with Crippen molar-refractivity contribution in [3.05, 3.63) is 97.4 Å². The molecule has 0 aliphatic heterocycles. The van der Waals surface area contributed by atoms with Gasteiger partial charge in [0, 0.05) is 15.7 Å². The first-order valence-electron chi connectivity index (χ1n) is 9.53. The Hall–Kier alpha value is -2.99. The minimum Gasteiger partial charge on any atom is -0.488 e. The minimum absolute atomic E-state index is 0.0914. The molecule has 0 heterocycles. The summed E-state index contributed by atoms with van der Waals surface area (Å²) in [5.74, 6) is -0.494. The van der Waals surface area contributed by atoms with Crippen LogP contribution in [0.1, 0.15) is 16.7 Å². The van der Waals surface area contributed by atoms with Crippen LogP contribution in [0.2, 0.25) is 10.0 Å². The van der Waals surface area contributed by atoms with Gasteiger partial charge in [-0.05, 0) is 60.2 Å². The van der Waals surface area contributed by atoms with Crippen LogP contribution in [-0.2, 0) is 17.6 Å². The van der Waals surface area contributed by atoms with Gasteiger partial charge in [-0.15, -0.1) is 0 Å². The lowest BCUT2D eigenvalue weighted by molar-refractivity contribution is -0.137. The van der Waals surface area contributed by atoms with E-state index in [9.17, 15) is 23.2 Å². The Labute approximate surface area is 211 Å². The van der Waals surface area contributed by atoms with Crippen LogP contribution in [0.5, 0.6) is 5.75 Å². The van der Waals surface area contributed by atoms with Gasteiger partial charge >= 0.3 is 6.18 Å². The molecule has 0 aliphatic rings. The Balaban J connectivity index is 1.83. The fourth-order valence-electron chi connectivity index (χ4n) is 2.83. The summed E-state index contributed by atoms with van der Waals surface area (Å²) in [5.41, 5.74) is -0.181. The van der Waals surface area contributed by atoms with Crippen LogP contribution < -0.4 is 10.1 Å². The molecular formula is C24H14BrCl2F3N2O2. The van der Waals surface area contributed by atoms with Crippen molar-refractivity contribution in [1.29, 1.82) is 5.26 Å². The number of nitrogens with one attached hydrogen (secondary N) is 1. The summed E-state index contributed by atoms with van der Waals surface area (Å²) in [5, 5.41) is 12.6. The molecule has 0 radical (unpaired) electrons. The van der Waals surface area contributed by atoms with Crippen LogP contribution >= 0.6 is 39.1 Å². The third-order valence-electron chi connectivity index (χ3n) is 4.46. The predicted molar refractivity (Wildman–Crippen MR) is 129 cm³/mol. The van der Waals surface area contributed by atoms with Gasteiger partial charge < -0.3 is 10.1 Å². The van der Waals surface area contributed by atoms with Crippen LogP contribution in [-0.4, -0.2) is 5.91 Å². The Bertz CT molecular complexity index is 1300. The molecule has 0 bridgehead atoms. The zero-order valence-corrected chi connectivity index (χ0v) is 20.2. The Morgan fingerprint density at radius 1 is 1.09 bits per heavy atom. The highest BCUT2D eigenvalue weighted by molar-refractivity contribution is 9.10. The highest BCUT2D eigenvalue weighted by Crippen LogP contribution is 2.31. The van der Waals surface area contributed by atoms with Crippen molar-refractivity contribution in [2.45, 2.75) is 12.8 Å². The predicted octanol–water partition coefficient (Wildman–Crippen LogP) is 7.90. The Kier molecular flexibility index (Phi) is 8.26. The first-order chi connectivity index (χ1) is 16.1. The highest BCUT2D eigenvalue weighted by Gasteiger charge is 2.30. The van der Waals surface area contributed by atoms with E-state index in [1.165, 1.54) is 12.1 Å². The average molecular weight is 570 g/mol. The lowest BCUT2D eigenvalue weighted by atomic mass is 10.1. The van der Waals surface area contributed by atoms with Gasteiger partial charge in [0.1, 0.15) is 24.0 Å². The van der Waals surface area contributed by atoms with Gasteiger partial charge in [0.2, 0.25) is 0 Å². The summed E-state index contributed by atoms with van der Waals surface area (Å²) in [6.07, 6.45) is -3.27. The van der Waals surface area contributed by atoms with E-state index in [-0.39, 0.29) is 17.9 Å². The number of alkyl halides is 3. The summed E-state index contributed by atoms with van der Waals surface area (Å²) in [6, 6.07) is 15.9. The van der Waals surface area contributed by atoms with E-state index in [0.29, 0.717) is 25.8 Å². The monoisotopic (exact) mass is 568 g/mol. The number of nitriles is 1. The number of carbonyl (C=O) groups is 1. The second kappa shape index (κ2) is 11.0. The first-order valence-corrected chi connectivity index (χ1v) is 11.1. The third-order valence-corrected chi connectivity index (χ3v) is 5.70. The zero-order valence-electron chi connectivity index (χ0n) is 17.1. The topological polar surface area (TPSA) is 62.1 Å². The van der Waals surface area contributed by atoms with E-state index in [1.807, 2.05) is 0 Å². The van der Waals surface area contributed by atoms with E-state index in [1.54, 1.807) is 42.5 Å². The van der Waals surface area contributed by atoms with Crippen LogP contribution in [0.15, 0.2) is 70.7 Å². The average Bonchev–Trinajstić information content (AvgIpc) is 2.78. The number of anilines is 1. The van der Waals surface area contributed by atoms with Crippen molar-refractivity contribution < 1.29 is 22.7 Å². The molecule has 0 unspecified atom stereocenters. The van der Waals surface area contributed by atoms with Gasteiger partial charge in [0.05, 0.1) is 15.6 Å². The number of rotatable bonds is 6. The SMILES string of the molecule is N#C/C(=C\c1cc(Br)ccc1OCc1ccc(Cl)c(Cl)c1)C(=O)Nc1cccc(C(F)(F)F)c1. The van der Waals surface area contributed by atoms with E-state index < -0.39 is 17.6 Å². The largest absolute Gasteiger partial charge is 0.488 e. The number of carbonyl (C=O) groups excluding carboxylic acids is 1.